The number of carbonyl (C=O) groups excluding carboxylic acids is 1. The van der Waals surface area contributed by atoms with Gasteiger partial charge in [0.15, 0.2) is 11.4 Å². The van der Waals surface area contributed by atoms with Crippen LogP contribution < -0.4 is 10.2 Å². The van der Waals surface area contributed by atoms with E-state index in [1.165, 1.54) is 23.9 Å². The number of carbonyl (C=O) groups is 1. The van der Waals surface area contributed by atoms with Crippen LogP contribution in [-0.4, -0.2) is 28.9 Å². The summed E-state index contributed by atoms with van der Waals surface area (Å²) in [6.07, 6.45) is 0.749. The Morgan fingerprint density at radius 3 is 2.57 bits per heavy atom. The standard InChI is InChI=1S/C17H19NO5/c1-12(19)10-18-9-8-14(20)16(15(18)17(21)22-2)23-11-13-6-4-3-5-7-13/h3-9,12,19H,10-11H2,1-2H3. The number of aliphatic hydroxyl groups is 1. The zero-order valence-electron chi connectivity index (χ0n) is 13.1. The van der Waals surface area contributed by atoms with Crippen molar-refractivity contribution in [3.63, 3.8) is 0 Å². The van der Waals surface area contributed by atoms with Crippen LogP contribution >= 0.6 is 0 Å². The van der Waals surface area contributed by atoms with Crippen molar-refractivity contribution in [2.45, 2.75) is 26.2 Å². The van der Waals surface area contributed by atoms with E-state index in [0.29, 0.717) is 0 Å². The molecule has 6 nitrogen and oxygen atoms in total. The lowest BCUT2D eigenvalue weighted by Gasteiger charge is -2.17. The van der Waals surface area contributed by atoms with E-state index in [1.54, 1.807) is 6.92 Å². The highest BCUT2D eigenvalue weighted by atomic mass is 16.5. The molecule has 0 saturated carbocycles. The number of methoxy groups -OCH3 is 1. The number of hydrogen-bond donors (Lipinski definition) is 1. The van der Waals surface area contributed by atoms with Crippen molar-refractivity contribution in [1.29, 1.82) is 0 Å². The molecule has 0 fully saturated rings. The highest BCUT2D eigenvalue weighted by Gasteiger charge is 2.21. The summed E-state index contributed by atoms with van der Waals surface area (Å²) in [5.41, 5.74) is 0.452. The molecule has 1 heterocycles. The first-order chi connectivity index (χ1) is 11.0. The molecule has 1 aromatic heterocycles. The summed E-state index contributed by atoms with van der Waals surface area (Å²) < 4.78 is 11.8. The molecule has 6 heteroatoms. The van der Waals surface area contributed by atoms with E-state index >= 15 is 0 Å². The van der Waals surface area contributed by atoms with Crippen LogP contribution in [0.2, 0.25) is 0 Å². The second kappa shape index (κ2) is 7.60. The molecule has 122 valence electrons. The molecule has 0 amide bonds. The minimum atomic E-state index is -0.692. The first-order valence-electron chi connectivity index (χ1n) is 7.19. The third-order valence-corrected chi connectivity index (χ3v) is 3.20. The largest absolute Gasteiger partial charge is 0.482 e. The van der Waals surface area contributed by atoms with Crippen molar-refractivity contribution < 1.29 is 19.4 Å². The van der Waals surface area contributed by atoms with Gasteiger partial charge in [-0.3, -0.25) is 4.79 Å². The van der Waals surface area contributed by atoms with Gasteiger partial charge in [0.05, 0.1) is 13.2 Å². The van der Waals surface area contributed by atoms with Crippen LogP contribution in [0.15, 0.2) is 47.4 Å². The summed E-state index contributed by atoms with van der Waals surface area (Å²) >= 11 is 0. The Balaban J connectivity index is 2.39. The lowest BCUT2D eigenvalue weighted by molar-refractivity contribution is 0.0576. The number of pyridine rings is 1. The maximum atomic E-state index is 12.1. The van der Waals surface area contributed by atoms with Crippen molar-refractivity contribution in [3.8, 4) is 5.75 Å². The van der Waals surface area contributed by atoms with Crippen molar-refractivity contribution in [2.75, 3.05) is 7.11 Å². The molecule has 0 aliphatic heterocycles. The average Bonchev–Trinajstić information content (AvgIpc) is 2.54. The third-order valence-electron chi connectivity index (χ3n) is 3.20. The van der Waals surface area contributed by atoms with Crippen molar-refractivity contribution in [1.82, 2.24) is 4.57 Å². The van der Waals surface area contributed by atoms with Gasteiger partial charge in [-0.15, -0.1) is 0 Å². The Kier molecular flexibility index (Phi) is 5.54. The fourth-order valence-electron chi connectivity index (χ4n) is 2.17. The molecular weight excluding hydrogens is 298 g/mol. The summed E-state index contributed by atoms with van der Waals surface area (Å²) in [5, 5.41) is 9.56. The van der Waals surface area contributed by atoms with Gasteiger partial charge < -0.3 is 19.1 Å². The predicted molar refractivity (Wildman–Crippen MR) is 84.5 cm³/mol. The number of rotatable bonds is 6. The normalized spacial score (nSPS) is 11.8. The Morgan fingerprint density at radius 1 is 1.26 bits per heavy atom. The molecule has 1 unspecified atom stereocenters. The monoisotopic (exact) mass is 317 g/mol. The first-order valence-corrected chi connectivity index (χ1v) is 7.19. The molecule has 0 spiro atoms. The molecule has 2 aromatic rings. The molecule has 0 saturated heterocycles. The third kappa shape index (κ3) is 4.20. The maximum absolute atomic E-state index is 12.1. The van der Waals surface area contributed by atoms with Crippen LogP contribution in [0.25, 0.3) is 0 Å². The second-order valence-electron chi connectivity index (χ2n) is 5.12. The van der Waals surface area contributed by atoms with E-state index in [-0.39, 0.29) is 24.6 Å². The van der Waals surface area contributed by atoms with Crippen LogP contribution in [0.1, 0.15) is 23.0 Å². The maximum Gasteiger partial charge on any atom is 0.358 e. The van der Waals surface area contributed by atoms with Crippen LogP contribution in [0.4, 0.5) is 0 Å². The summed E-state index contributed by atoms with van der Waals surface area (Å²) in [4.78, 5) is 24.2. The van der Waals surface area contributed by atoms with Gasteiger partial charge in [0.2, 0.25) is 5.43 Å². The predicted octanol–water partition coefficient (Wildman–Crippen LogP) is 1.59. The molecule has 2 rings (SSSR count). The van der Waals surface area contributed by atoms with Gasteiger partial charge in [-0.2, -0.15) is 0 Å². The molecule has 1 aromatic carbocycles. The van der Waals surface area contributed by atoms with E-state index in [2.05, 4.69) is 0 Å². The average molecular weight is 317 g/mol. The number of ether oxygens (including phenoxy) is 2. The fraction of sp³-hybridized carbons (Fsp3) is 0.294. The molecule has 0 aliphatic rings. The zero-order chi connectivity index (χ0) is 16.8. The summed E-state index contributed by atoms with van der Waals surface area (Å²) in [7, 11) is 1.23. The smallest absolute Gasteiger partial charge is 0.358 e. The van der Waals surface area contributed by atoms with Crippen molar-refractivity contribution in [3.05, 3.63) is 64.1 Å². The minimum absolute atomic E-state index is 0.00293. The fourth-order valence-corrected chi connectivity index (χ4v) is 2.17. The summed E-state index contributed by atoms with van der Waals surface area (Å²) in [6, 6.07) is 10.6. The Labute approximate surface area is 133 Å². The summed E-state index contributed by atoms with van der Waals surface area (Å²) in [5.74, 6) is -0.768. The molecule has 1 atom stereocenters. The molecule has 23 heavy (non-hydrogen) atoms. The van der Waals surface area contributed by atoms with E-state index in [4.69, 9.17) is 9.47 Å². The van der Waals surface area contributed by atoms with E-state index < -0.39 is 17.5 Å². The SMILES string of the molecule is COC(=O)c1c(OCc2ccccc2)c(=O)ccn1CC(C)O. The zero-order valence-corrected chi connectivity index (χ0v) is 13.1. The van der Waals surface area contributed by atoms with Crippen LogP contribution in [-0.2, 0) is 17.9 Å². The van der Waals surface area contributed by atoms with Gasteiger partial charge in [0.25, 0.3) is 0 Å². The number of benzene rings is 1. The summed E-state index contributed by atoms with van der Waals surface area (Å²) in [6.45, 7) is 1.88. The number of nitrogens with zero attached hydrogens (tertiary/aromatic N) is 1. The van der Waals surface area contributed by atoms with Gasteiger partial charge in [-0.05, 0) is 12.5 Å². The Bertz CT molecular complexity index is 722. The first kappa shape index (κ1) is 16.8. The molecule has 0 radical (unpaired) electrons. The van der Waals surface area contributed by atoms with E-state index in [0.717, 1.165) is 5.56 Å². The topological polar surface area (TPSA) is 77.8 Å². The molecular formula is C17H19NO5. The van der Waals surface area contributed by atoms with E-state index in [9.17, 15) is 14.7 Å². The second-order valence-corrected chi connectivity index (χ2v) is 5.12. The molecule has 0 aliphatic carbocycles. The minimum Gasteiger partial charge on any atom is -0.482 e. The van der Waals surface area contributed by atoms with Crippen LogP contribution in [0.3, 0.4) is 0 Å². The van der Waals surface area contributed by atoms with Gasteiger partial charge >= 0.3 is 5.97 Å². The number of aromatic nitrogens is 1. The van der Waals surface area contributed by atoms with Crippen LogP contribution in [0.5, 0.6) is 5.75 Å². The van der Waals surface area contributed by atoms with Crippen LogP contribution in [0, 0.1) is 0 Å². The van der Waals surface area contributed by atoms with Crippen molar-refractivity contribution in [2.24, 2.45) is 0 Å². The number of esters is 1. The van der Waals surface area contributed by atoms with Gasteiger partial charge in [0.1, 0.15) is 6.61 Å². The molecule has 0 bridgehead atoms. The Hall–Kier alpha value is -2.60. The highest BCUT2D eigenvalue weighted by molar-refractivity contribution is 5.90. The Morgan fingerprint density at radius 2 is 1.96 bits per heavy atom. The van der Waals surface area contributed by atoms with Gasteiger partial charge in [-0.1, -0.05) is 30.3 Å². The van der Waals surface area contributed by atoms with E-state index in [1.807, 2.05) is 30.3 Å². The van der Waals surface area contributed by atoms with Gasteiger partial charge in [-0.25, -0.2) is 4.79 Å². The molecule has 1 N–H and O–H groups in total. The lowest BCUT2D eigenvalue weighted by atomic mass is 10.2. The van der Waals surface area contributed by atoms with Crippen molar-refractivity contribution >= 4 is 5.97 Å². The van der Waals surface area contributed by atoms with Gasteiger partial charge in [0, 0.05) is 18.8 Å². The lowest BCUT2D eigenvalue weighted by Crippen LogP contribution is -2.24. The number of aliphatic hydroxyl groups excluding tert-OH is 1. The highest BCUT2D eigenvalue weighted by Crippen LogP contribution is 2.17. The quantitative estimate of drug-likeness (QED) is 0.819. The number of hydrogen-bond acceptors (Lipinski definition) is 5.